The third kappa shape index (κ3) is 8.13. The van der Waals surface area contributed by atoms with Crippen molar-refractivity contribution in [3.05, 3.63) is 82.1 Å². The lowest BCUT2D eigenvalue weighted by atomic mass is 10.0. The number of ether oxygens (including phenoxy) is 2. The molecule has 0 bridgehead atoms. The van der Waals surface area contributed by atoms with Gasteiger partial charge in [-0.3, -0.25) is 9.59 Å². The minimum Gasteiger partial charge on any atom is -0.493 e. The maximum Gasteiger partial charge on any atom is 0.303 e. The standard InChI is InChI=1S/C27H32O5S/c1-6-21-8-12-25(24(17-21)27(30)20(5)33-7-2)32-19(4)14-15-31-23-11-9-22(18(3)16-23)10-13-26(28)29/h7-9,11-12,16-17,19H,2,5-6,10,13-15H2,1,3-4H3,(H,28,29). The second kappa shape index (κ2) is 12.9. The fourth-order valence-electron chi connectivity index (χ4n) is 3.28. The first kappa shape index (κ1) is 26.3. The second-order valence-electron chi connectivity index (χ2n) is 7.77. The lowest BCUT2D eigenvalue weighted by Gasteiger charge is -2.18. The van der Waals surface area contributed by atoms with Crippen LogP contribution in [0.4, 0.5) is 0 Å². The Labute approximate surface area is 200 Å². The van der Waals surface area contributed by atoms with E-state index in [0.29, 0.717) is 35.7 Å². The van der Waals surface area contributed by atoms with Crippen LogP contribution in [-0.2, 0) is 17.6 Å². The molecule has 0 fully saturated rings. The number of aliphatic carboxylic acids is 1. The van der Waals surface area contributed by atoms with Crippen LogP contribution in [0.1, 0.15) is 53.7 Å². The van der Waals surface area contributed by atoms with Crippen LogP contribution in [0.25, 0.3) is 0 Å². The lowest BCUT2D eigenvalue weighted by molar-refractivity contribution is -0.136. The Kier molecular flexibility index (Phi) is 10.3. The van der Waals surface area contributed by atoms with Crippen molar-refractivity contribution in [1.82, 2.24) is 0 Å². The van der Waals surface area contributed by atoms with Gasteiger partial charge in [-0.05, 0) is 73.1 Å². The molecule has 0 saturated carbocycles. The van der Waals surface area contributed by atoms with Crippen LogP contribution < -0.4 is 9.47 Å². The van der Waals surface area contributed by atoms with Crippen molar-refractivity contribution in [1.29, 1.82) is 0 Å². The van der Waals surface area contributed by atoms with Gasteiger partial charge in [0, 0.05) is 12.8 Å². The summed E-state index contributed by atoms with van der Waals surface area (Å²) in [7, 11) is 0. The molecule has 2 aromatic rings. The number of carbonyl (C=O) groups is 2. The van der Waals surface area contributed by atoms with E-state index in [4.69, 9.17) is 14.6 Å². The third-order valence-corrected chi connectivity index (χ3v) is 5.86. The molecule has 0 amide bonds. The van der Waals surface area contributed by atoms with E-state index in [-0.39, 0.29) is 18.3 Å². The van der Waals surface area contributed by atoms with Crippen molar-refractivity contribution in [2.45, 2.75) is 52.6 Å². The van der Waals surface area contributed by atoms with E-state index < -0.39 is 5.97 Å². The Morgan fingerprint density at radius 3 is 2.61 bits per heavy atom. The van der Waals surface area contributed by atoms with Crippen LogP contribution in [0.3, 0.4) is 0 Å². The number of aryl methyl sites for hydroxylation is 3. The molecule has 0 radical (unpaired) electrons. The van der Waals surface area contributed by atoms with Gasteiger partial charge in [0.05, 0.1) is 23.2 Å². The maximum absolute atomic E-state index is 12.8. The summed E-state index contributed by atoms with van der Waals surface area (Å²) in [5.74, 6) is 0.308. The average molecular weight is 469 g/mol. The minimum absolute atomic E-state index is 0.110. The van der Waals surface area contributed by atoms with Gasteiger partial charge in [-0.15, -0.1) is 0 Å². The molecule has 2 rings (SSSR count). The van der Waals surface area contributed by atoms with Crippen LogP contribution in [0.2, 0.25) is 0 Å². The van der Waals surface area contributed by atoms with E-state index in [9.17, 15) is 9.59 Å². The summed E-state index contributed by atoms with van der Waals surface area (Å²) in [6.45, 7) is 13.9. The van der Waals surface area contributed by atoms with Gasteiger partial charge in [0.25, 0.3) is 0 Å². The van der Waals surface area contributed by atoms with Gasteiger partial charge in [-0.25, -0.2) is 0 Å². The molecule has 0 aliphatic carbocycles. The highest BCUT2D eigenvalue weighted by Gasteiger charge is 2.18. The van der Waals surface area contributed by atoms with Gasteiger partial charge in [0.1, 0.15) is 11.5 Å². The number of allylic oxidation sites excluding steroid dienone is 1. The molecule has 1 atom stereocenters. The first-order chi connectivity index (χ1) is 15.7. The molecule has 6 heteroatoms. The SMILES string of the molecule is C=CSC(=C)C(=O)c1cc(CC)ccc1OC(C)CCOc1ccc(CCC(=O)O)c(C)c1. The zero-order chi connectivity index (χ0) is 24.4. The molecule has 0 saturated heterocycles. The first-order valence-electron chi connectivity index (χ1n) is 11.0. The van der Waals surface area contributed by atoms with Crippen molar-refractivity contribution in [3.63, 3.8) is 0 Å². The normalized spacial score (nSPS) is 11.5. The van der Waals surface area contributed by atoms with Crippen LogP contribution in [0.5, 0.6) is 11.5 Å². The summed E-state index contributed by atoms with van der Waals surface area (Å²) < 4.78 is 12.0. The second-order valence-corrected chi connectivity index (χ2v) is 8.83. The maximum atomic E-state index is 12.8. The number of hydrogen-bond acceptors (Lipinski definition) is 5. The van der Waals surface area contributed by atoms with Gasteiger partial charge < -0.3 is 14.6 Å². The summed E-state index contributed by atoms with van der Waals surface area (Å²) in [5.41, 5.74) is 3.58. The average Bonchev–Trinajstić information content (AvgIpc) is 2.78. The van der Waals surface area contributed by atoms with Crippen LogP contribution in [-0.4, -0.2) is 29.6 Å². The van der Waals surface area contributed by atoms with E-state index in [0.717, 1.165) is 28.9 Å². The van der Waals surface area contributed by atoms with E-state index in [1.807, 2.05) is 57.2 Å². The van der Waals surface area contributed by atoms with E-state index in [1.54, 1.807) is 5.41 Å². The van der Waals surface area contributed by atoms with E-state index in [2.05, 4.69) is 13.2 Å². The third-order valence-electron chi connectivity index (χ3n) is 5.22. The molecule has 0 spiro atoms. The number of Topliss-reactive ketones (excluding diaryl/α,β-unsaturated/α-hetero) is 1. The number of ketones is 1. The Morgan fingerprint density at radius 1 is 1.21 bits per heavy atom. The monoisotopic (exact) mass is 468 g/mol. The number of carboxylic acid groups (broad SMARTS) is 1. The highest BCUT2D eigenvalue weighted by Crippen LogP contribution is 2.28. The van der Waals surface area contributed by atoms with E-state index in [1.165, 1.54) is 11.8 Å². The van der Waals surface area contributed by atoms with Crippen molar-refractivity contribution in [3.8, 4) is 11.5 Å². The highest BCUT2D eigenvalue weighted by atomic mass is 32.2. The molecule has 0 aliphatic rings. The molecular formula is C27H32O5S. The number of thioether (sulfide) groups is 1. The number of rotatable bonds is 14. The van der Waals surface area contributed by atoms with Gasteiger partial charge >= 0.3 is 5.97 Å². The summed E-state index contributed by atoms with van der Waals surface area (Å²) in [5, 5.41) is 10.4. The molecule has 0 aromatic heterocycles. The summed E-state index contributed by atoms with van der Waals surface area (Å²) >= 11 is 1.21. The fraction of sp³-hybridized carbons (Fsp3) is 0.333. The van der Waals surface area contributed by atoms with Crippen LogP contribution >= 0.6 is 11.8 Å². The molecule has 0 heterocycles. The van der Waals surface area contributed by atoms with Crippen molar-refractivity contribution in [2.75, 3.05) is 6.61 Å². The number of benzene rings is 2. The Bertz CT molecular complexity index is 1010. The predicted octanol–water partition coefficient (Wildman–Crippen LogP) is 6.38. The number of carbonyl (C=O) groups excluding carboxylic acids is 1. The smallest absolute Gasteiger partial charge is 0.303 e. The van der Waals surface area contributed by atoms with Crippen LogP contribution in [0, 0.1) is 6.92 Å². The van der Waals surface area contributed by atoms with Gasteiger partial charge in [0.2, 0.25) is 5.78 Å². The highest BCUT2D eigenvalue weighted by molar-refractivity contribution is 8.06. The molecule has 1 unspecified atom stereocenters. The van der Waals surface area contributed by atoms with Crippen molar-refractivity contribution in [2.24, 2.45) is 0 Å². The molecule has 176 valence electrons. The first-order valence-corrected chi connectivity index (χ1v) is 11.9. The summed E-state index contributed by atoms with van der Waals surface area (Å²) in [6.07, 6.45) is 1.90. The molecule has 5 nitrogen and oxygen atoms in total. The quantitative estimate of drug-likeness (QED) is 0.256. The number of carboxylic acids is 1. The Balaban J connectivity index is 1.98. The molecule has 2 aromatic carbocycles. The topological polar surface area (TPSA) is 72.8 Å². The molecule has 33 heavy (non-hydrogen) atoms. The molecule has 1 N–H and O–H groups in total. The van der Waals surface area contributed by atoms with Crippen LogP contribution in [0.15, 0.2) is 59.9 Å². The van der Waals surface area contributed by atoms with Gasteiger partial charge in [-0.1, -0.05) is 44.0 Å². The zero-order valence-corrected chi connectivity index (χ0v) is 20.4. The van der Waals surface area contributed by atoms with Gasteiger partial charge in [0.15, 0.2) is 0 Å². The lowest BCUT2D eigenvalue weighted by Crippen LogP contribution is -2.17. The largest absolute Gasteiger partial charge is 0.493 e. The van der Waals surface area contributed by atoms with E-state index >= 15 is 0 Å². The van der Waals surface area contributed by atoms with Crippen molar-refractivity contribution >= 4 is 23.5 Å². The molecular weight excluding hydrogens is 436 g/mol. The summed E-state index contributed by atoms with van der Waals surface area (Å²) in [6, 6.07) is 11.4. The Hall–Kier alpha value is -2.99. The zero-order valence-electron chi connectivity index (χ0n) is 19.6. The fourth-order valence-corrected chi connectivity index (χ4v) is 3.70. The molecule has 0 aliphatic heterocycles. The Morgan fingerprint density at radius 2 is 1.97 bits per heavy atom. The predicted molar refractivity (Wildman–Crippen MR) is 134 cm³/mol. The summed E-state index contributed by atoms with van der Waals surface area (Å²) in [4.78, 5) is 24.0. The van der Waals surface area contributed by atoms with Gasteiger partial charge in [-0.2, -0.15) is 0 Å². The number of hydrogen-bond donors (Lipinski definition) is 1. The minimum atomic E-state index is -0.804. The van der Waals surface area contributed by atoms with Crippen molar-refractivity contribution < 1.29 is 24.2 Å².